The number of esters is 2. The van der Waals surface area contributed by atoms with E-state index in [0.717, 1.165) is 11.4 Å². The number of ether oxygens (including phenoxy) is 3. The number of carbonyl (C=O) groups is 3. The van der Waals surface area contributed by atoms with E-state index in [1.807, 2.05) is 18.4 Å². The predicted octanol–water partition coefficient (Wildman–Crippen LogP) is 3.30. The molecule has 8 heteroatoms. The van der Waals surface area contributed by atoms with Gasteiger partial charge in [-0.25, -0.2) is 9.59 Å². The maximum absolute atomic E-state index is 12.6. The third-order valence-electron chi connectivity index (χ3n) is 4.92. The van der Waals surface area contributed by atoms with Crippen LogP contribution in [0.15, 0.2) is 6.07 Å². The van der Waals surface area contributed by atoms with Crippen LogP contribution in [0.1, 0.15) is 67.7 Å². The lowest BCUT2D eigenvalue weighted by Crippen LogP contribution is -2.17. The molecule has 0 fully saturated rings. The van der Waals surface area contributed by atoms with E-state index in [9.17, 15) is 14.4 Å². The van der Waals surface area contributed by atoms with Crippen molar-refractivity contribution < 1.29 is 28.6 Å². The molecule has 2 heterocycles. The van der Waals surface area contributed by atoms with Crippen LogP contribution in [-0.2, 0) is 20.8 Å². The van der Waals surface area contributed by atoms with Crippen molar-refractivity contribution in [1.82, 2.24) is 9.55 Å². The number of hydrogen-bond donors (Lipinski definition) is 1. The Kier molecular flexibility index (Phi) is 7.61. The van der Waals surface area contributed by atoms with E-state index in [0.29, 0.717) is 35.5 Å². The van der Waals surface area contributed by atoms with E-state index in [2.05, 4.69) is 4.98 Å². The number of hydrogen-bond acceptors (Lipinski definition) is 6. The smallest absolute Gasteiger partial charge is 0.355 e. The molecule has 0 amide bonds. The van der Waals surface area contributed by atoms with Gasteiger partial charge < -0.3 is 23.8 Å². The van der Waals surface area contributed by atoms with Gasteiger partial charge in [-0.1, -0.05) is 0 Å². The number of H-pyrrole nitrogens is 1. The monoisotopic (exact) mass is 418 g/mol. The normalized spacial score (nSPS) is 11.1. The summed E-state index contributed by atoms with van der Waals surface area (Å²) in [6, 6.07) is 1.78. The lowest BCUT2D eigenvalue weighted by atomic mass is 10.1. The number of aromatic nitrogens is 2. The lowest BCUT2D eigenvalue weighted by Gasteiger charge is -2.09. The predicted molar refractivity (Wildman–Crippen MR) is 111 cm³/mol. The van der Waals surface area contributed by atoms with Gasteiger partial charge in [0, 0.05) is 36.3 Å². The highest BCUT2D eigenvalue weighted by atomic mass is 16.5. The molecule has 8 nitrogen and oxygen atoms in total. The molecule has 0 unspecified atom stereocenters. The van der Waals surface area contributed by atoms with Crippen molar-refractivity contribution in [3.63, 3.8) is 0 Å². The maximum Gasteiger partial charge on any atom is 0.355 e. The summed E-state index contributed by atoms with van der Waals surface area (Å²) >= 11 is 0. The molecule has 30 heavy (non-hydrogen) atoms. The van der Waals surface area contributed by atoms with E-state index < -0.39 is 18.5 Å². The molecule has 1 N–H and O–H groups in total. The van der Waals surface area contributed by atoms with Crippen molar-refractivity contribution >= 4 is 17.7 Å². The van der Waals surface area contributed by atoms with Crippen molar-refractivity contribution in [1.29, 1.82) is 0 Å². The molecule has 2 aromatic rings. The second-order valence-electron chi connectivity index (χ2n) is 7.51. The summed E-state index contributed by atoms with van der Waals surface area (Å²) in [7, 11) is 1.62. The first-order chi connectivity index (χ1) is 14.1. The van der Waals surface area contributed by atoms with Crippen LogP contribution in [0.5, 0.6) is 0 Å². The van der Waals surface area contributed by atoms with Gasteiger partial charge >= 0.3 is 11.9 Å². The molecule has 0 radical (unpaired) electrons. The highest BCUT2D eigenvalue weighted by Gasteiger charge is 2.25. The van der Waals surface area contributed by atoms with Gasteiger partial charge in [-0.15, -0.1) is 0 Å². The summed E-state index contributed by atoms with van der Waals surface area (Å²) in [4.78, 5) is 40.3. The van der Waals surface area contributed by atoms with Gasteiger partial charge in [0.05, 0.1) is 18.3 Å². The molecule has 164 valence electrons. The van der Waals surface area contributed by atoms with Crippen LogP contribution in [0.4, 0.5) is 0 Å². The number of rotatable bonds is 9. The summed E-state index contributed by atoms with van der Waals surface area (Å²) in [6.07, 6.45) is -0.276. The number of nitrogens with one attached hydrogen (secondary N) is 1. The molecule has 2 aromatic heterocycles. The second-order valence-corrected chi connectivity index (χ2v) is 7.51. The SMILES string of the molecule is COCCn1c(C)cc(C(=O)COC(=O)c2[nH]c(C)c(C(=O)OC(C)C)c2C)c1C. The Morgan fingerprint density at radius 3 is 2.37 bits per heavy atom. The average Bonchev–Trinajstić information content (AvgIpc) is 3.12. The van der Waals surface area contributed by atoms with E-state index in [4.69, 9.17) is 14.2 Å². The largest absolute Gasteiger partial charge is 0.459 e. The Balaban J connectivity index is 2.11. The summed E-state index contributed by atoms with van der Waals surface area (Å²) in [5.41, 5.74) is 3.65. The van der Waals surface area contributed by atoms with Crippen LogP contribution in [0, 0.1) is 27.7 Å². The van der Waals surface area contributed by atoms with E-state index in [1.54, 1.807) is 40.9 Å². The Hall–Kier alpha value is -2.87. The van der Waals surface area contributed by atoms with Crippen LogP contribution < -0.4 is 0 Å². The number of Topliss-reactive ketones (excluding diaryl/α,β-unsaturated/α-hetero) is 1. The number of methoxy groups -OCH3 is 1. The van der Waals surface area contributed by atoms with Crippen LogP contribution in [-0.4, -0.2) is 53.7 Å². The van der Waals surface area contributed by atoms with Crippen molar-refractivity contribution in [3.8, 4) is 0 Å². The number of aryl methyl sites for hydroxylation is 2. The number of aromatic amines is 1. The van der Waals surface area contributed by atoms with E-state index >= 15 is 0 Å². The van der Waals surface area contributed by atoms with Gasteiger partial charge in [0.1, 0.15) is 5.69 Å². The minimum atomic E-state index is -0.694. The summed E-state index contributed by atoms with van der Waals surface area (Å²) in [5.74, 6) is -1.49. The molecule has 0 aliphatic carbocycles. The van der Waals surface area contributed by atoms with Gasteiger partial charge in [-0.2, -0.15) is 0 Å². The van der Waals surface area contributed by atoms with Gasteiger partial charge in [-0.05, 0) is 53.2 Å². The van der Waals surface area contributed by atoms with Gasteiger partial charge in [-0.3, -0.25) is 4.79 Å². The fourth-order valence-electron chi connectivity index (χ4n) is 3.42. The Bertz CT molecular complexity index is 951. The standard InChI is InChI=1S/C22H30N2O6/c1-12(2)30-21(26)19-14(4)20(23-15(19)5)22(27)29-11-18(25)17-10-13(3)24(16(17)6)8-9-28-7/h10,12,23H,8-9,11H2,1-7H3. The minimum Gasteiger partial charge on any atom is -0.459 e. The van der Waals surface area contributed by atoms with Gasteiger partial charge in [0.2, 0.25) is 5.78 Å². The zero-order valence-electron chi connectivity index (χ0n) is 18.7. The van der Waals surface area contributed by atoms with Crippen LogP contribution in [0.2, 0.25) is 0 Å². The maximum atomic E-state index is 12.6. The molecule has 0 atom stereocenters. The molecule has 0 aromatic carbocycles. The number of carbonyl (C=O) groups excluding carboxylic acids is 3. The molecule has 0 aliphatic heterocycles. The zero-order chi connectivity index (χ0) is 22.6. The Labute approximate surface area is 176 Å². The molecule has 0 aliphatic rings. The summed E-state index contributed by atoms with van der Waals surface area (Å²) < 4.78 is 17.6. The Morgan fingerprint density at radius 2 is 1.77 bits per heavy atom. The fourth-order valence-corrected chi connectivity index (χ4v) is 3.42. The topological polar surface area (TPSA) is 99.6 Å². The van der Waals surface area contributed by atoms with E-state index in [1.165, 1.54) is 0 Å². The average molecular weight is 418 g/mol. The number of ketones is 1. The molecule has 0 saturated heterocycles. The van der Waals surface area contributed by atoms with Crippen molar-refractivity contribution in [2.45, 2.75) is 54.2 Å². The fraction of sp³-hybridized carbons (Fsp3) is 0.500. The molecule has 0 spiro atoms. The zero-order valence-corrected chi connectivity index (χ0v) is 18.7. The van der Waals surface area contributed by atoms with Crippen LogP contribution in [0.3, 0.4) is 0 Å². The van der Waals surface area contributed by atoms with Crippen molar-refractivity contribution in [2.75, 3.05) is 20.3 Å². The highest BCUT2D eigenvalue weighted by Crippen LogP contribution is 2.21. The first-order valence-electron chi connectivity index (χ1n) is 9.84. The van der Waals surface area contributed by atoms with Crippen molar-refractivity contribution in [2.24, 2.45) is 0 Å². The Morgan fingerprint density at radius 1 is 1.10 bits per heavy atom. The van der Waals surface area contributed by atoms with E-state index in [-0.39, 0.29) is 17.6 Å². The minimum absolute atomic E-state index is 0.140. The number of nitrogens with zero attached hydrogens (tertiary/aromatic N) is 1. The molecular weight excluding hydrogens is 388 g/mol. The highest BCUT2D eigenvalue weighted by molar-refractivity contribution is 6.02. The van der Waals surface area contributed by atoms with Crippen molar-refractivity contribution in [3.05, 3.63) is 45.5 Å². The second kappa shape index (κ2) is 9.75. The van der Waals surface area contributed by atoms with Crippen LogP contribution >= 0.6 is 0 Å². The quantitative estimate of drug-likeness (QED) is 0.495. The first-order valence-corrected chi connectivity index (χ1v) is 9.84. The lowest BCUT2D eigenvalue weighted by molar-refractivity contribution is 0.0376. The molecule has 0 saturated carbocycles. The molecule has 0 bridgehead atoms. The van der Waals surface area contributed by atoms with Gasteiger partial charge in [0.15, 0.2) is 6.61 Å². The van der Waals surface area contributed by atoms with Gasteiger partial charge in [0.25, 0.3) is 0 Å². The molecule has 2 rings (SSSR count). The molecular formula is C22H30N2O6. The third-order valence-corrected chi connectivity index (χ3v) is 4.92. The first kappa shape index (κ1) is 23.4. The summed E-state index contributed by atoms with van der Waals surface area (Å²) in [5, 5.41) is 0. The third kappa shape index (κ3) is 4.99. The van der Waals surface area contributed by atoms with Crippen LogP contribution in [0.25, 0.3) is 0 Å². The summed E-state index contributed by atoms with van der Waals surface area (Å²) in [6.45, 7) is 11.4.